The normalized spacial score (nSPS) is 10.3. The Morgan fingerprint density at radius 1 is 1.53 bits per heavy atom. The van der Waals surface area contributed by atoms with Gasteiger partial charge in [0.15, 0.2) is 0 Å². The Morgan fingerprint density at radius 3 is 2.79 bits per heavy atom. The van der Waals surface area contributed by atoms with Crippen LogP contribution >= 0.6 is 0 Å². The maximum Gasteiger partial charge on any atom is 0.311 e. The smallest absolute Gasteiger partial charge is 0.311 e. The van der Waals surface area contributed by atoms with E-state index in [9.17, 15) is 10.1 Å². The average Bonchev–Trinajstić information content (AvgIpc) is 2.42. The third-order valence-corrected chi connectivity index (χ3v) is 2.54. The van der Waals surface area contributed by atoms with Crippen LogP contribution in [0.25, 0.3) is 0 Å². The van der Waals surface area contributed by atoms with E-state index in [0.29, 0.717) is 19.0 Å². The first kappa shape index (κ1) is 15.1. The van der Waals surface area contributed by atoms with Crippen LogP contribution in [0.5, 0.6) is 0 Å². The summed E-state index contributed by atoms with van der Waals surface area (Å²) >= 11 is 0. The number of nitro groups is 1. The summed E-state index contributed by atoms with van der Waals surface area (Å²) in [6.45, 7) is 0.942. The van der Waals surface area contributed by atoms with Crippen LogP contribution in [0.15, 0.2) is 12.1 Å². The molecule has 19 heavy (non-hydrogen) atoms. The molecule has 0 aromatic carbocycles. The van der Waals surface area contributed by atoms with Crippen LogP contribution in [-0.4, -0.2) is 55.5 Å². The van der Waals surface area contributed by atoms with Gasteiger partial charge in [-0.3, -0.25) is 10.1 Å². The molecule has 0 aliphatic rings. The first-order valence-electron chi connectivity index (χ1n) is 5.82. The second kappa shape index (κ2) is 7.49. The van der Waals surface area contributed by atoms with Crippen LogP contribution in [0.1, 0.15) is 0 Å². The Hall–Kier alpha value is -1.93. The molecule has 0 aliphatic carbocycles. The van der Waals surface area contributed by atoms with E-state index in [2.05, 4.69) is 10.3 Å². The minimum absolute atomic E-state index is 0.0939. The van der Waals surface area contributed by atoms with E-state index in [1.165, 1.54) is 12.1 Å². The molecule has 0 atom stereocenters. The van der Waals surface area contributed by atoms with E-state index in [1.807, 2.05) is 0 Å². The summed E-state index contributed by atoms with van der Waals surface area (Å²) in [6, 6.07) is 2.93. The summed E-state index contributed by atoms with van der Waals surface area (Å²) in [5.74, 6) is 0.754. The summed E-state index contributed by atoms with van der Waals surface area (Å²) in [6.07, 6.45) is 0. The van der Waals surface area contributed by atoms with Crippen molar-refractivity contribution < 1.29 is 14.8 Å². The molecule has 1 aromatic heterocycles. The average molecular weight is 270 g/mol. The molecule has 0 unspecified atom stereocenters. The molecule has 0 fully saturated rings. The lowest BCUT2D eigenvalue weighted by Crippen LogP contribution is -2.31. The van der Waals surface area contributed by atoms with E-state index in [4.69, 9.17) is 9.84 Å². The molecule has 8 nitrogen and oxygen atoms in total. The molecule has 0 spiro atoms. The topological polar surface area (TPSA) is 101 Å². The van der Waals surface area contributed by atoms with Gasteiger partial charge in [-0.1, -0.05) is 0 Å². The van der Waals surface area contributed by atoms with Gasteiger partial charge < -0.3 is 20.1 Å². The van der Waals surface area contributed by atoms with Crippen LogP contribution < -0.4 is 10.2 Å². The zero-order valence-electron chi connectivity index (χ0n) is 11.0. The SMILES string of the molecule is CNc1ccc([N+](=O)[O-])c(N(CCO)CCOC)n1. The molecule has 0 saturated heterocycles. The molecule has 1 aromatic rings. The van der Waals surface area contributed by atoms with E-state index in [-0.39, 0.29) is 24.7 Å². The fourth-order valence-corrected chi connectivity index (χ4v) is 1.60. The number of hydrogen-bond acceptors (Lipinski definition) is 7. The highest BCUT2D eigenvalue weighted by atomic mass is 16.6. The predicted molar refractivity (Wildman–Crippen MR) is 71.6 cm³/mol. The number of rotatable bonds is 8. The third-order valence-electron chi connectivity index (χ3n) is 2.54. The number of anilines is 2. The molecular formula is C11H18N4O4. The van der Waals surface area contributed by atoms with Gasteiger partial charge in [0.1, 0.15) is 5.82 Å². The Kier molecular flexibility index (Phi) is 5.97. The maximum absolute atomic E-state index is 11.0. The minimum atomic E-state index is -0.487. The Balaban J connectivity index is 3.12. The Bertz CT molecular complexity index is 427. The first-order valence-corrected chi connectivity index (χ1v) is 5.82. The quantitative estimate of drug-likeness (QED) is 0.523. The molecule has 0 bridgehead atoms. The van der Waals surface area contributed by atoms with Gasteiger partial charge in [-0.25, -0.2) is 4.98 Å². The predicted octanol–water partition coefficient (Wildman–Crippen LogP) is 0.477. The lowest BCUT2D eigenvalue weighted by atomic mass is 10.3. The summed E-state index contributed by atoms with van der Waals surface area (Å²) in [4.78, 5) is 16.4. The van der Waals surface area contributed by atoms with Crippen molar-refractivity contribution in [3.63, 3.8) is 0 Å². The van der Waals surface area contributed by atoms with Crippen molar-refractivity contribution in [3.8, 4) is 0 Å². The Morgan fingerprint density at radius 2 is 2.26 bits per heavy atom. The summed E-state index contributed by atoms with van der Waals surface area (Å²) in [5.41, 5.74) is -0.0939. The molecule has 0 amide bonds. The molecule has 1 heterocycles. The highest BCUT2D eigenvalue weighted by Crippen LogP contribution is 2.27. The molecule has 0 saturated carbocycles. The van der Waals surface area contributed by atoms with Gasteiger partial charge >= 0.3 is 5.69 Å². The molecule has 2 N–H and O–H groups in total. The van der Waals surface area contributed by atoms with Crippen molar-refractivity contribution in [1.82, 2.24) is 4.98 Å². The molecule has 1 rings (SSSR count). The maximum atomic E-state index is 11.0. The van der Waals surface area contributed by atoms with E-state index in [1.54, 1.807) is 19.1 Å². The number of aliphatic hydroxyl groups is 1. The summed E-state index contributed by atoms with van der Waals surface area (Å²) in [5, 5.41) is 22.9. The fraction of sp³-hybridized carbons (Fsp3) is 0.545. The van der Waals surface area contributed by atoms with E-state index in [0.717, 1.165) is 0 Å². The zero-order valence-corrected chi connectivity index (χ0v) is 11.0. The molecule has 106 valence electrons. The van der Waals surface area contributed by atoms with Gasteiger partial charge in [-0.05, 0) is 6.07 Å². The van der Waals surface area contributed by atoms with Gasteiger partial charge in [0, 0.05) is 33.3 Å². The van der Waals surface area contributed by atoms with Crippen molar-refractivity contribution in [2.24, 2.45) is 0 Å². The second-order valence-corrected chi connectivity index (χ2v) is 3.75. The number of nitrogens with zero attached hydrogens (tertiary/aromatic N) is 3. The fourth-order valence-electron chi connectivity index (χ4n) is 1.60. The van der Waals surface area contributed by atoms with Crippen LogP contribution in [0.4, 0.5) is 17.3 Å². The first-order chi connectivity index (χ1) is 9.13. The van der Waals surface area contributed by atoms with Crippen molar-refractivity contribution in [1.29, 1.82) is 0 Å². The van der Waals surface area contributed by atoms with Crippen molar-refractivity contribution in [2.75, 3.05) is 50.7 Å². The number of pyridine rings is 1. The highest BCUT2D eigenvalue weighted by molar-refractivity contribution is 5.61. The second-order valence-electron chi connectivity index (χ2n) is 3.75. The van der Waals surface area contributed by atoms with E-state index >= 15 is 0 Å². The highest BCUT2D eigenvalue weighted by Gasteiger charge is 2.21. The lowest BCUT2D eigenvalue weighted by Gasteiger charge is -2.22. The van der Waals surface area contributed by atoms with Gasteiger partial charge in [0.05, 0.1) is 18.1 Å². The largest absolute Gasteiger partial charge is 0.395 e. The minimum Gasteiger partial charge on any atom is -0.395 e. The van der Waals surface area contributed by atoms with Crippen molar-refractivity contribution in [3.05, 3.63) is 22.2 Å². The zero-order chi connectivity index (χ0) is 14.3. The number of hydrogen-bond donors (Lipinski definition) is 2. The van der Waals surface area contributed by atoms with Gasteiger partial charge in [-0.15, -0.1) is 0 Å². The lowest BCUT2D eigenvalue weighted by molar-refractivity contribution is -0.384. The molecule has 0 aliphatic heterocycles. The number of nitrogens with one attached hydrogen (secondary N) is 1. The van der Waals surface area contributed by atoms with Crippen molar-refractivity contribution in [2.45, 2.75) is 0 Å². The van der Waals surface area contributed by atoms with Crippen LogP contribution in [0.2, 0.25) is 0 Å². The number of aromatic nitrogens is 1. The number of aliphatic hydroxyl groups excluding tert-OH is 1. The molecular weight excluding hydrogens is 252 g/mol. The molecule has 0 radical (unpaired) electrons. The summed E-state index contributed by atoms with van der Waals surface area (Å²) < 4.78 is 4.96. The monoisotopic (exact) mass is 270 g/mol. The molecule has 8 heteroatoms. The standard InChI is InChI=1S/C11H18N4O4/c1-12-10-4-3-9(15(17)18)11(13-10)14(5-7-16)6-8-19-2/h3-4,16H,5-8H2,1-2H3,(H,12,13). The number of methoxy groups -OCH3 is 1. The van der Waals surface area contributed by atoms with E-state index < -0.39 is 4.92 Å². The summed E-state index contributed by atoms with van der Waals surface area (Å²) in [7, 11) is 3.23. The van der Waals surface area contributed by atoms with Crippen LogP contribution in [0.3, 0.4) is 0 Å². The van der Waals surface area contributed by atoms with Gasteiger partial charge in [0.2, 0.25) is 5.82 Å². The van der Waals surface area contributed by atoms with Gasteiger partial charge in [0.25, 0.3) is 0 Å². The van der Waals surface area contributed by atoms with Crippen LogP contribution in [0, 0.1) is 10.1 Å². The Labute approximate surface area is 111 Å². The number of ether oxygens (including phenoxy) is 1. The van der Waals surface area contributed by atoms with Crippen LogP contribution in [-0.2, 0) is 4.74 Å². The third kappa shape index (κ3) is 4.04. The van der Waals surface area contributed by atoms with Crippen molar-refractivity contribution >= 4 is 17.3 Å². The van der Waals surface area contributed by atoms with Gasteiger partial charge in [-0.2, -0.15) is 0 Å².